The minimum Gasteiger partial charge on any atom is -0.465 e. The molecule has 0 heterocycles. The van der Waals surface area contributed by atoms with Crippen LogP contribution in [0.5, 0.6) is 0 Å². The molecular formula is C20H24O4. The van der Waals surface area contributed by atoms with Gasteiger partial charge in [0.1, 0.15) is 5.76 Å². The molecule has 4 heteroatoms. The van der Waals surface area contributed by atoms with Gasteiger partial charge in [-0.2, -0.15) is 0 Å². The average Bonchev–Trinajstić information content (AvgIpc) is 3.04. The van der Waals surface area contributed by atoms with Gasteiger partial charge in [-0.15, -0.1) is 0 Å². The van der Waals surface area contributed by atoms with Crippen molar-refractivity contribution in [2.24, 2.45) is 5.92 Å². The van der Waals surface area contributed by atoms with Gasteiger partial charge in [0.25, 0.3) is 0 Å². The van der Waals surface area contributed by atoms with Crippen LogP contribution >= 0.6 is 0 Å². The van der Waals surface area contributed by atoms with Crippen LogP contribution in [0.25, 0.3) is 5.76 Å². The first-order valence-corrected chi connectivity index (χ1v) is 8.73. The summed E-state index contributed by atoms with van der Waals surface area (Å²) in [5, 5.41) is 0. The SMILES string of the molecule is COC(=O)c1ccc2c(c1)CCCC(C1CCCC1)=C2OC(C)=O. The molecule has 0 aliphatic heterocycles. The molecule has 2 aliphatic carbocycles. The Bertz CT molecular complexity index is 681. The standard InChI is InChI=1S/C20H24O4/c1-13(21)24-19-17(14-6-3-4-7-14)9-5-8-15-12-16(20(22)23-2)10-11-18(15)19/h10-12,14H,3-9H2,1-2H3. The number of carbonyl (C=O) groups excluding carboxylic acids is 2. The third kappa shape index (κ3) is 3.37. The van der Waals surface area contributed by atoms with Gasteiger partial charge in [-0.3, -0.25) is 4.79 Å². The van der Waals surface area contributed by atoms with E-state index in [-0.39, 0.29) is 11.9 Å². The predicted molar refractivity (Wildman–Crippen MR) is 91.4 cm³/mol. The third-order valence-corrected chi connectivity index (χ3v) is 5.05. The molecule has 0 aromatic heterocycles. The highest BCUT2D eigenvalue weighted by Gasteiger charge is 2.28. The summed E-state index contributed by atoms with van der Waals surface area (Å²) in [7, 11) is 1.39. The van der Waals surface area contributed by atoms with Gasteiger partial charge in [-0.05, 0) is 61.3 Å². The summed E-state index contributed by atoms with van der Waals surface area (Å²) in [5.74, 6) is 0.630. The summed E-state index contributed by atoms with van der Waals surface area (Å²) in [6.45, 7) is 1.45. The van der Waals surface area contributed by atoms with Crippen LogP contribution < -0.4 is 0 Å². The van der Waals surface area contributed by atoms with Gasteiger partial charge >= 0.3 is 11.9 Å². The van der Waals surface area contributed by atoms with E-state index < -0.39 is 0 Å². The van der Waals surface area contributed by atoms with Crippen molar-refractivity contribution in [1.82, 2.24) is 0 Å². The monoisotopic (exact) mass is 328 g/mol. The van der Waals surface area contributed by atoms with E-state index in [1.165, 1.54) is 45.3 Å². The molecule has 1 fully saturated rings. The Morgan fingerprint density at radius 2 is 1.83 bits per heavy atom. The van der Waals surface area contributed by atoms with Crippen molar-refractivity contribution in [2.45, 2.75) is 51.9 Å². The number of allylic oxidation sites excluding steroid dienone is 1. The number of hydrogen-bond donors (Lipinski definition) is 0. The molecule has 0 atom stereocenters. The highest BCUT2D eigenvalue weighted by molar-refractivity contribution is 5.90. The molecule has 1 aromatic rings. The maximum Gasteiger partial charge on any atom is 0.337 e. The molecule has 0 unspecified atom stereocenters. The highest BCUT2D eigenvalue weighted by atomic mass is 16.5. The third-order valence-electron chi connectivity index (χ3n) is 5.05. The van der Waals surface area contributed by atoms with Crippen molar-refractivity contribution in [1.29, 1.82) is 0 Å². The molecule has 0 radical (unpaired) electrons. The van der Waals surface area contributed by atoms with Crippen molar-refractivity contribution >= 4 is 17.7 Å². The fraction of sp³-hybridized carbons (Fsp3) is 0.500. The zero-order valence-corrected chi connectivity index (χ0v) is 14.4. The van der Waals surface area contributed by atoms with E-state index in [4.69, 9.17) is 9.47 Å². The normalized spacial score (nSPS) is 18.1. The number of carbonyl (C=O) groups is 2. The van der Waals surface area contributed by atoms with Crippen LogP contribution in [-0.4, -0.2) is 19.0 Å². The van der Waals surface area contributed by atoms with Gasteiger partial charge in [0, 0.05) is 12.5 Å². The second-order valence-electron chi connectivity index (χ2n) is 6.65. The lowest BCUT2D eigenvalue weighted by Crippen LogP contribution is -2.08. The van der Waals surface area contributed by atoms with E-state index in [2.05, 4.69) is 0 Å². The number of esters is 2. The van der Waals surface area contributed by atoms with Crippen molar-refractivity contribution < 1.29 is 19.1 Å². The van der Waals surface area contributed by atoms with Crippen LogP contribution in [0.1, 0.15) is 66.9 Å². The van der Waals surface area contributed by atoms with Crippen LogP contribution in [-0.2, 0) is 20.7 Å². The highest BCUT2D eigenvalue weighted by Crippen LogP contribution is 2.41. The summed E-state index contributed by atoms with van der Waals surface area (Å²) in [6, 6.07) is 5.54. The Kier molecular flexibility index (Phi) is 5.03. The first-order chi connectivity index (χ1) is 11.6. The quantitative estimate of drug-likeness (QED) is 0.777. The summed E-state index contributed by atoms with van der Waals surface area (Å²) < 4.78 is 10.5. The van der Waals surface area contributed by atoms with Gasteiger partial charge in [-0.1, -0.05) is 18.9 Å². The van der Waals surface area contributed by atoms with Crippen molar-refractivity contribution in [3.05, 3.63) is 40.5 Å². The fourth-order valence-electron chi connectivity index (χ4n) is 3.95. The lowest BCUT2D eigenvalue weighted by atomic mass is 9.91. The van der Waals surface area contributed by atoms with Crippen LogP contribution in [0.3, 0.4) is 0 Å². The molecule has 4 nitrogen and oxygen atoms in total. The smallest absolute Gasteiger partial charge is 0.337 e. The Morgan fingerprint density at radius 1 is 1.08 bits per heavy atom. The second kappa shape index (κ2) is 7.20. The van der Waals surface area contributed by atoms with Crippen LogP contribution in [0.15, 0.2) is 23.8 Å². The Balaban J connectivity index is 2.07. The molecule has 0 saturated heterocycles. The predicted octanol–water partition coefficient (Wildman–Crippen LogP) is 4.27. The Hall–Kier alpha value is -2.10. The van der Waals surface area contributed by atoms with E-state index in [1.54, 1.807) is 6.07 Å². The van der Waals surface area contributed by atoms with Crippen molar-refractivity contribution in [3.8, 4) is 0 Å². The van der Waals surface area contributed by atoms with Crippen LogP contribution in [0.2, 0.25) is 0 Å². The van der Waals surface area contributed by atoms with Gasteiger partial charge in [0.2, 0.25) is 0 Å². The Morgan fingerprint density at radius 3 is 2.50 bits per heavy atom. The minimum absolute atomic E-state index is 0.287. The second-order valence-corrected chi connectivity index (χ2v) is 6.65. The number of methoxy groups -OCH3 is 1. The van der Waals surface area contributed by atoms with Crippen molar-refractivity contribution in [2.75, 3.05) is 7.11 Å². The molecule has 0 bridgehead atoms. The number of benzene rings is 1. The molecule has 2 aliphatic rings. The van der Waals surface area contributed by atoms with Gasteiger partial charge in [0.05, 0.1) is 12.7 Å². The van der Waals surface area contributed by atoms with E-state index in [0.717, 1.165) is 36.1 Å². The zero-order chi connectivity index (χ0) is 17.1. The van der Waals surface area contributed by atoms with Crippen LogP contribution in [0.4, 0.5) is 0 Å². The number of aryl methyl sites for hydroxylation is 1. The van der Waals surface area contributed by atoms with E-state index in [1.807, 2.05) is 12.1 Å². The first kappa shape index (κ1) is 16.7. The van der Waals surface area contributed by atoms with Gasteiger partial charge in [-0.25, -0.2) is 4.79 Å². The van der Waals surface area contributed by atoms with Crippen molar-refractivity contribution in [3.63, 3.8) is 0 Å². The molecule has 24 heavy (non-hydrogen) atoms. The molecule has 0 amide bonds. The summed E-state index contributed by atoms with van der Waals surface area (Å²) in [6.07, 6.45) is 7.68. The van der Waals surface area contributed by atoms with E-state index >= 15 is 0 Å². The maximum atomic E-state index is 11.8. The van der Waals surface area contributed by atoms with Gasteiger partial charge in [0.15, 0.2) is 0 Å². The van der Waals surface area contributed by atoms with Gasteiger partial charge < -0.3 is 9.47 Å². The molecule has 0 N–H and O–H groups in total. The largest absolute Gasteiger partial charge is 0.465 e. The maximum absolute atomic E-state index is 11.8. The molecule has 1 saturated carbocycles. The summed E-state index contributed by atoms with van der Waals surface area (Å²) in [4.78, 5) is 23.5. The number of rotatable bonds is 3. The molecule has 1 aromatic carbocycles. The first-order valence-electron chi connectivity index (χ1n) is 8.73. The lowest BCUT2D eigenvalue weighted by molar-refractivity contribution is -0.134. The topological polar surface area (TPSA) is 52.6 Å². The van der Waals surface area contributed by atoms with Crippen LogP contribution in [0, 0.1) is 5.92 Å². The molecule has 3 rings (SSSR count). The zero-order valence-electron chi connectivity index (χ0n) is 14.4. The molecule has 128 valence electrons. The lowest BCUT2D eigenvalue weighted by Gasteiger charge is -2.19. The number of fused-ring (bicyclic) bond motifs is 1. The number of hydrogen-bond acceptors (Lipinski definition) is 4. The minimum atomic E-state index is -0.337. The Labute approximate surface area is 142 Å². The fourth-order valence-corrected chi connectivity index (χ4v) is 3.95. The summed E-state index contributed by atoms with van der Waals surface area (Å²) >= 11 is 0. The van der Waals surface area contributed by atoms with E-state index in [0.29, 0.717) is 11.5 Å². The number of ether oxygens (including phenoxy) is 2. The summed E-state index contributed by atoms with van der Waals surface area (Å²) in [5.41, 5.74) is 3.84. The molecule has 0 spiro atoms. The van der Waals surface area contributed by atoms with E-state index in [9.17, 15) is 9.59 Å². The average molecular weight is 328 g/mol. The molecular weight excluding hydrogens is 304 g/mol.